The molecule has 0 spiro atoms. The standard InChI is InChI=1S/C22H31N5O/c1-3-24-22(26-17-18-10-8-11-19(16-18)21(23)28)25-14-9-15-27(4-2)20-12-6-5-7-13-20/h5-8,10-13,16H,3-4,9,14-15,17H2,1-2H3,(H2,23,28)(H2,24,25,26). The minimum Gasteiger partial charge on any atom is -0.372 e. The van der Waals surface area contributed by atoms with Gasteiger partial charge in [-0.25, -0.2) is 4.99 Å². The Balaban J connectivity index is 1.85. The first-order chi connectivity index (χ1) is 13.6. The van der Waals surface area contributed by atoms with Gasteiger partial charge < -0.3 is 21.3 Å². The van der Waals surface area contributed by atoms with Crippen molar-refractivity contribution in [1.82, 2.24) is 10.6 Å². The Hall–Kier alpha value is -3.02. The molecule has 6 nitrogen and oxygen atoms in total. The quantitative estimate of drug-likeness (QED) is 0.336. The average molecular weight is 382 g/mol. The highest BCUT2D eigenvalue weighted by atomic mass is 16.1. The maximum Gasteiger partial charge on any atom is 0.248 e. The highest BCUT2D eigenvalue weighted by Crippen LogP contribution is 2.12. The smallest absolute Gasteiger partial charge is 0.248 e. The Bertz CT molecular complexity index is 761. The predicted molar refractivity (Wildman–Crippen MR) is 117 cm³/mol. The number of amides is 1. The van der Waals surface area contributed by atoms with Crippen LogP contribution in [-0.4, -0.2) is 38.0 Å². The Morgan fingerprint density at radius 3 is 2.54 bits per heavy atom. The van der Waals surface area contributed by atoms with Gasteiger partial charge in [0.25, 0.3) is 0 Å². The summed E-state index contributed by atoms with van der Waals surface area (Å²) in [6.07, 6.45) is 1.00. The Kier molecular flexibility index (Phi) is 8.85. The van der Waals surface area contributed by atoms with Crippen molar-refractivity contribution in [1.29, 1.82) is 0 Å². The molecular formula is C22H31N5O. The number of rotatable bonds is 10. The monoisotopic (exact) mass is 381 g/mol. The third-order valence-corrected chi connectivity index (χ3v) is 4.38. The lowest BCUT2D eigenvalue weighted by Crippen LogP contribution is -2.38. The molecule has 0 saturated carbocycles. The van der Waals surface area contributed by atoms with Crippen molar-refractivity contribution >= 4 is 17.6 Å². The molecule has 0 atom stereocenters. The van der Waals surface area contributed by atoms with E-state index in [9.17, 15) is 4.79 Å². The largest absolute Gasteiger partial charge is 0.372 e. The second-order valence-corrected chi connectivity index (χ2v) is 6.46. The van der Waals surface area contributed by atoms with E-state index in [0.717, 1.165) is 44.1 Å². The van der Waals surface area contributed by atoms with E-state index in [0.29, 0.717) is 12.1 Å². The van der Waals surface area contributed by atoms with E-state index in [2.05, 4.69) is 51.7 Å². The SMILES string of the molecule is CCNC(=NCc1cccc(C(N)=O)c1)NCCCN(CC)c1ccccc1. The van der Waals surface area contributed by atoms with Crippen LogP contribution in [0.15, 0.2) is 59.6 Å². The summed E-state index contributed by atoms with van der Waals surface area (Å²) in [5, 5.41) is 6.64. The fourth-order valence-electron chi connectivity index (χ4n) is 2.92. The molecule has 0 fully saturated rings. The molecule has 0 aliphatic heterocycles. The van der Waals surface area contributed by atoms with E-state index in [1.807, 2.05) is 25.1 Å². The zero-order valence-electron chi connectivity index (χ0n) is 16.8. The lowest BCUT2D eigenvalue weighted by molar-refractivity contribution is 0.1000. The van der Waals surface area contributed by atoms with E-state index in [1.54, 1.807) is 12.1 Å². The molecule has 0 saturated heterocycles. The molecule has 0 aliphatic rings. The van der Waals surface area contributed by atoms with Crippen molar-refractivity contribution in [2.24, 2.45) is 10.7 Å². The summed E-state index contributed by atoms with van der Waals surface area (Å²) in [4.78, 5) is 18.3. The van der Waals surface area contributed by atoms with Crippen molar-refractivity contribution in [3.63, 3.8) is 0 Å². The first kappa shape index (κ1) is 21.3. The normalized spacial score (nSPS) is 11.1. The molecule has 0 heterocycles. The van der Waals surface area contributed by atoms with Crippen LogP contribution in [0.25, 0.3) is 0 Å². The Morgan fingerprint density at radius 1 is 1.07 bits per heavy atom. The van der Waals surface area contributed by atoms with Crippen molar-refractivity contribution in [2.45, 2.75) is 26.8 Å². The van der Waals surface area contributed by atoms with Crippen LogP contribution >= 0.6 is 0 Å². The van der Waals surface area contributed by atoms with Crippen LogP contribution in [0.2, 0.25) is 0 Å². The van der Waals surface area contributed by atoms with Crippen molar-refractivity contribution in [2.75, 3.05) is 31.1 Å². The topological polar surface area (TPSA) is 82.7 Å². The minimum atomic E-state index is -0.422. The molecule has 0 aliphatic carbocycles. The fraction of sp³-hybridized carbons (Fsp3) is 0.364. The number of anilines is 1. The summed E-state index contributed by atoms with van der Waals surface area (Å²) in [5.74, 6) is 0.351. The van der Waals surface area contributed by atoms with Crippen LogP contribution in [-0.2, 0) is 6.54 Å². The molecule has 1 amide bonds. The van der Waals surface area contributed by atoms with E-state index in [4.69, 9.17) is 5.73 Å². The van der Waals surface area contributed by atoms with Crippen LogP contribution in [0.5, 0.6) is 0 Å². The van der Waals surface area contributed by atoms with E-state index >= 15 is 0 Å². The van der Waals surface area contributed by atoms with Gasteiger partial charge in [0.15, 0.2) is 5.96 Å². The zero-order chi connectivity index (χ0) is 20.2. The number of hydrogen-bond donors (Lipinski definition) is 3. The van der Waals surface area contributed by atoms with Crippen molar-refractivity contribution in [3.8, 4) is 0 Å². The summed E-state index contributed by atoms with van der Waals surface area (Å²) >= 11 is 0. The summed E-state index contributed by atoms with van der Waals surface area (Å²) in [7, 11) is 0. The maximum atomic E-state index is 11.3. The molecule has 2 aromatic carbocycles. The summed E-state index contributed by atoms with van der Waals surface area (Å²) in [6.45, 7) is 8.28. The molecule has 6 heteroatoms. The van der Waals surface area contributed by atoms with Crippen LogP contribution in [0.3, 0.4) is 0 Å². The molecule has 150 valence electrons. The van der Waals surface area contributed by atoms with Gasteiger partial charge >= 0.3 is 0 Å². The summed E-state index contributed by atoms with van der Waals surface area (Å²) < 4.78 is 0. The average Bonchev–Trinajstić information content (AvgIpc) is 2.72. The number of nitrogens with two attached hydrogens (primary N) is 1. The first-order valence-electron chi connectivity index (χ1n) is 9.85. The van der Waals surface area contributed by atoms with E-state index in [-0.39, 0.29) is 0 Å². The number of hydrogen-bond acceptors (Lipinski definition) is 3. The van der Waals surface area contributed by atoms with Crippen molar-refractivity contribution in [3.05, 3.63) is 65.7 Å². The number of guanidine groups is 1. The van der Waals surface area contributed by atoms with Gasteiger partial charge in [-0.3, -0.25) is 4.79 Å². The molecule has 4 N–H and O–H groups in total. The summed E-state index contributed by atoms with van der Waals surface area (Å²) in [5.41, 5.74) is 8.05. The van der Waals surface area contributed by atoms with Crippen LogP contribution in [0, 0.1) is 0 Å². The number of primary amides is 1. The first-order valence-corrected chi connectivity index (χ1v) is 9.85. The Morgan fingerprint density at radius 2 is 1.86 bits per heavy atom. The lowest BCUT2D eigenvalue weighted by Gasteiger charge is -2.23. The second kappa shape index (κ2) is 11.6. The minimum absolute atomic E-state index is 0.422. The maximum absolute atomic E-state index is 11.3. The second-order valence-electron chi connectivity index (χ2n) is 6.46. The van der Waals surface area contributed by atoms with Gasteiger partial charge in [-0.1, -0.05) is 30.3 Å². The molecule has 2 aromatic rings. The molecule has 28 heavy (non-hydrogen) atoms. The van der Waals surface area contributed by atoms with Gasteiger partial charge in [-0.2, -0.15) is 0 Å². The number of aliphatic imine (C=N–C) groups is 1. The van der Waals surface area contributed by atoms with Gasteiger partial charge in [0.2, 0.25) is 5.91 Å². The molecule has 0 aromatic heterocycles. The summed E-state index contributed by atoms with van der Waals surface area (Å²) in [6, 6.07) is 17.7. The number of carbonyl (C=O) groups is 1. The Labute approximate surface area is 167 Å². The number of carbonyl (C=O) groups excluding carboxylic acids is 1. The van der Waals surface area contributed by atoms with Crippen molar-refractivity contribution < 1.29 is 4.79 Å². The highest BCUT2D eigenvalue weighted by molar-refractivity contribution is 5.92. The fourth-order valence-corrected chi connectivity index (χ4v) is 2.92. The molecule has 0 unspecified atom stereocenters. The van der Waals surface area contributed by atoms with Gasteiger partial charge in [0.1, 0.15) is 0 Å². The van der Waals surface area contributed by atoms with Gasteiger partial charge in [0, 0.05) is 37.4 Å². The third kappa shape index (κ3) is 6.95. The third-order valence-electron chi connectivity index (χ3n) is 4.38. The van der Waals surface area contributed by atoms with Gasteiger partial charge in [-0.15, -0.1) is 0 Å². The zero-order valence-corrected chi connectivity index (χ0v) is 16.8. The molecule has 2 rings (SSSR count). The van der Waals surface area contributed by atoms with E-state index in [1.165, 1.54) is 5.69 Å². The molecule has 0 bridgehead atoms. The number of nitrogens with one attached hydrogen (secondary N) is 2. The lowest BCUT2D eigenvalue weighted by atomic mass is 10.1. The van der Waals surface area contributed by atoms with Crippen LogP contribution in [0.1, 0.15) is 36.2 Å². The van der Waals surface area contributed by atoms with E-state index < -0.39 is 5.91 Å². The van der Waals surface area contributed by atoms with Crippen LogP contribution in [0.4, 0.5) is 5.69 Å². The number of benzene rings is 2. The molecule has 0 radical (unpaired) electrons. The predicted octanol–water partition coefficient (Wildman–Crippen LogP) is 2.76. The van der Waals surface area contributed by atoms with Crippen LogP contribution < -0.4 is 21.3 Å². The highest BCUT2D eigenvalue weighted by Gasteiger charge is 2.04. The number of para-hydroxylation sites is 1. The number of nitrogens with zero attached hydrogens (tertiary/aromatic N) is 2. The molecular weight excluding hydrogens is 350 g/mol. The van der Waals surface area contributed by atoms with Gasteiger partial charge in [-0.05, 0) is 50.1 Å². The van der Waals surface area contributed by atoms with Gasteiger partial charge in [0.05, 0.1) is 6.54 Å².